The Morgan fingerprint density at radius 1 is 1.21 bits per heavy atom. The average Bonchev–Trinajstić information content (AvgIpc) is 3.43. The molecule has 28 heavy (non-hydrogen) atoms. The summed E-state index contributed by atoms with van der Waals surface area (Å²) in [5, 5.41) is 11.4. The Morgan fingerprint density at radius 2 is 1.96 bits per heavy atom. The van der Waals surface area contributed by atoms with Gasteiger partial charge in [0.2, 0.25) is 17.5 Å². The zero-order valence-corrected chi connectivity index (χ0v) is 16.1. The number of ether oxygens (including phenoxy) is 1. The number of amides is 1. The van der Waals surface area contributed by atoms with Gasteiger partial charge in [0.1, 0.15) is 11.8 Å². The molecule has 1 aliphatic rings. The van der Waals surface area contributed by atoms with Gasteiger partial charge in [0.05, 0.1) is 12.0 Å². The summed E-state index contributed by atoms with van der Waals surface area (Å²) in [5.41, 5.74) is 1.03. The lowest BCUT2D eigenvalue weighted by Gasteiger charge is -2.34. The predicted molar refractivity (Wildman–Crippen MR) is 106 cm³/mol. The van der Waals surface area contributed by atoms with Crippen LogP contribution in [0, 0.1) is 11.3 Å². The zero-order chi connectivity index (χ0) is 19.5. The third-order valence-electron chi connectivity index (χ3n) is 4.64. The minimum Gasteiger partial charge on any atom is -0.497 e. The van der Waals surface area contributed by atoms with E-state index in [2.05, 4.69) is 11.1 Å². The van der Waals surface area contributed by atoms with Gasteiger partial charge in [-0.15, -0.1) is 11.3 Å². The molecule has 3 heterocycles. The van der Waals surface area contributed by atoms with Crippen LogP contribution in [-0.4, -0.2) is 49.1 Å². The van der Waals surface area contributed by atoms with Crippen LogP contribution in [0.4, 0.5) is 5.88 Å². The topological polar surface area (TPSA) is 82.6 Å². The Balaban J connectivity index is 1.49. The van der Waals surface area contributed by atoms with Gasteiger partial charge in [-0.1, -0.05) is 6.07 Å². The third kappa shape index (κ3) is 3.44. The molecule has 1 aliphatic heterocycles. The van der Waals surface area contributed by atoms with E-state index in [1.165, 1.54) is 11.3 Å². The molecule has 2 aromatic heterocycles. The van der Waals surface area contributed by atoms with Gasteiger partial charge in [0, 0.05) is 31.7 Å². The van der Waals surface area contributed by atoms with Gasteiger partial charge in [0.25, 0.3) is 5.91 Å². The fraction of sp³-hybridized carbons (Fsp3) is 0.250. The highest BCUT2D eigenvalue weighted by Crippen LogP contribution is 2.30. The van der Waals surface area contributed by atoms with Crippen LogP contribution in [0.5, 0.6) is 5.75 Å². The number of anilines is 1. The lowest BCUT2D eigenvalue weighted by Crippen LogP contribution is -2.48. The fourth-order valence-electron chi connectivity index (χ4n) is 3.13. The van der Waals surface area contributed by atoms with Crippen LogP contribution < -0.4 is 9.64 Å². The number of thiophene rings is 1. The molecule has 3 aromatic rings. The van der Waals surface area contributed by atoms with Crippen molar-refractivity contribution in [3.63, 3.8) is 0 Å². The van der Waals surface area contributed by atoms with Crippen LogP contribution in [0.15, 0.2) is 46.2 Å². The largest absolute Gasteiger partial charge is 0.497 e. The smallest absolute Gasteiger partial charge is 0.264 e. The predicted octanol–water partition coefficient (Wildman–Crippen LogP) is 3.25. The molecular weight excluding hydrogens is 376 g/mol. The quantitative estimate of drug-likeness (QED) is 0.676. The summed E-state index contributed by atoms with van der Waals surface area (Å²) < 4.78 is 11.1. The summed E-state index contributed by atoms with van der Waals surface area (Å²) in [6.45, 7) is 2.31. The number of oxazole rings is 1. The number of benzene rings is 1. The molecule has 1 fully saturated rings. The van der Waals surface area contributed by atoms with E-state index in [0.717, 1.165) is 16.2 Å². The van der Waals surface area contributed by atoms with E-state index in [0.29, 0.717) is 38.0 Å². The summed E-state index contributed by atoms with van der Waals surface area (Å²) in [6, 6.07) is 13.1. The van der Waals surface area contributed by atoms with Crippen molar-refractivity contribution in [2.24, 2.45) is 0 Å². The maximum absolute atomic E-state index is 12.5. The Hall–Kier alpha value is -3.31. The van der Waals surface area contributed by atoms with Gasteiger partial charge < -0.3 is 19.0 Å². The second-order valence-corrected chi connectivity index (χ2v) is 7.22. The minimum atomic E-state index is 0.0478. The second-order valence-electron chi connectivity index (χ2n) is 6.27. The minimum absolute atomic E-state index is 0.0478. The molecule has 4 rings (SSSR count). The maximum Gasteiger partial charge on any atom is 0.264 e. The second kappa shape index (κ2) is 7.74. The average molecular weight is 394 g/mol. The first kappa shape index (κ1) is 18.1. The van der Waals surface area contributed by atoms with E-state index in [-0.39, 0.29) is 11.6 Å². The Kier molecular flexibility index (Phi) is 5.00. The fourth-order valence-corrected chi connectivity index (χ4v) is 3.82. The highest BCUT2D eigenvalue weighted by molar-refractivity contribution is 7.12. The van der Waals surface area contributed by atoms with Crippen molar-refractivity contribution in [2.45, 2.75) is 0 Å². The summed E-state index contributed by atoms with van der Waals surface area (Å²) in [4.78, 5) is 21.4. The molecule has 142 valence electrons. The molecule has 0 aliphatic carbocycles. The lowest BCUT2D eigenvalue weighted by molar-refractivity contribution is 0.0750. The maximum atomic E-state index is 12.5. The van der Waals surface area contributed by atoms with Crippen molar-refractivity contribution in [1.29, 1.82) is 5.26 Å². The zero-order valence-electron chi connectivity index (χ0n) is 15.3. The lowest BCUT2D eigenvalue weighted by atomic mass is 10.2. The first-order valence-corrected chi connectivity index (χ1v) is 9.70. The number of nitrogens with zero attached hydrogens (tertiary/aromatic N) is 4. The van der Waals surface area contributed by atoms with Crippen molar-refractivity contribution in [3.05, 3.63) is 52.3 Å². The summed E-state index contributed by atoms with van der Waals surface area (Å²) >= 11 is 1.45. The standard InChI is InChI=1S/C20H18N4O3S/c1-26-15-6-4-14(5-7-15)18-22-16(13-21)20(27-18)24-10-8-23(9-11-24)19(25)17-3-2-12-28-17/h2-7,12H,8-11H2,1H3. The number of rotatable bonds is 4. The molecule has 0 N–H and O–H groups in total. The molecule has 0 spiro atoms. The van der Waals surface area contributed by atoms with Crippen LogP contribution in [0.2, 0.25) is 0 Å². The van der Waals surface area contributed by atoms with Crippen molar-refractivity contribution < 1.29 is 13.9 Å². The molecule has 1 saturated heterocycles. The molecule has 7 nitrogen and oxygen atoms in total. The summed E-state index contributed by atoms with van der Waals surface area (Å²) in [7, 11) is 1.61. The number of piperazine rings is 1. The Bertz CT molecular complexity index is 997. The van der Waals surface area contributed by atoms with Gasteiger partial charge in [-0.25, -0.2) is 0 Å². The van der Waals surface area contributed by atoms with E-state index in [4.69, 9.17) is 9.15 Å². The molecule has 8 heteroatoms. The SMILES string of the molecule is COc1ccc(-c2nc(C#N)c(N3CCN(C(=O)c4cccs4)CC3)o2)cc1. The first-order valence-electron chi connectivity index (χ1n) is 8.82. The van der Waals surface area contributed by atoms with E-state index in [9.17, 15) is 10.1 Å². The van der Waals surface area contributed by atoms with Gasteiger partial charge in [0.15, 0.2) is 0 Å². The van der Waals surface area contributed by atoms with Crippen LogP contribution in [0.25, 0.3) is 11.5 Å². The van der Waals surface area contributed by atoms with Gasteiger partial charge in [-0.05, 0) is 35.7 Å². The number of methoxy groups -OCH3 is 1. The van der Waals surface area contributed by atoms with Crippen molar-refractivity contribution >= 4 is 23.1 Å². The number of aromatic nitrogens is 1. The number of carbonyl (C=O) groups is 1. The van der Waals surface area contributed by atoms with E-state index < -0.39 is 0 Å². The molecule has 1 aromatic carbocycles. The van der Waals surface area contributed by atoms with Crippen LogP contribution in [0.1, 0.15) is 15.4 Å². The van der Waals surface area contributed by atoms with Gasteiger partial charge in [-0.3, -0.25) is 4.79 Å². The van der Waals surface area contributed by atoms with E-state index in [1.54, 1.807) is 7.11 Å². The normalized spacial score (nSPS) is 14.0. The molecule has 0 radical (unpaired) electrons. The van der Waals surface area contributed by atoms with Crippen LogP contribution >= 0.6 is 11.3 Å². The molecule has 0 saturated carbocycles. The number of nitriles is 1. The summed E-state index contributed by atoms with van der Waals surface area (Å²) in [5.74, 6) is 1.64. The van der Waals surface area contributed by atoms with Crippen molar-refractivity contribution in [3.8, 4) is 23.3 Å². The highest BCUT2D eigenvalue weighted by atomic mass is 32.1. The first-order chi connectivity index (χ1) is 13.7. The van der Waals surface area contributed by atoms with Crippen LogP contribution in [-0.2, 0) is 0 Å². The molecule has 0 unspecified atom stereocenters. The van der Waals surface area contributed by atoms with Crippen molar-refractivity contribution in [2.75, 3.05) is 38.2 Å². The summed E-state index contributed by atoms with van der Waals surface area (Å²) in [6.07, 6.45) is 0. The van der Waals surface area contributed by atoms with Crippen LogP contribution in [0.3, 0.4) is 0 Å². The number of carbonyl (C=O) groups excluding carboxylic acids is 1. The number of hydrogen-bond donors (Lipinski definition) is 0. The Morgan fingerprint density at radius 3 is 2.57 bits per heavy atom. The van der Waals surface area contributed by atoms with E-state index in [1.807, 2.05) is 51.6 Å². The van der Waals surface area contributed by atoms with Crippen molar-refractivity contribution in [1.82, 2.24) is 9.88 Å². The van der Waals surface area contributed by atoms with Gasteiger partial charge >= 0.3 is 0 Å². The molecule has 1 amide bonds. The monoisotopic (exact) mass is 394 g/mol. The highest BCUT2D eigenvalue weighted by Gasteiger charge is 2.27. The van der Waals surface area contributed by atoms with E-state index >= 15 is 0 Å². The number of hydrogen-bond acceptors (Lipinski definition) is 7. The molecular formula is C20H18N4O3S. The third-order valence-corrected chi connectivity index (χ3v) is 5.50. The van der Waals surface area contributed by atoms with Gasteiger partial charge in [-0.2, -0.15) is 10.2 Å². The molecule has 0 bridgehead atoms. The Labute approximate surface area is 166 Å². The molecule has 0 atom stereocenters.